The van der Waals surface area contributed by atoms with Crippen LogP contribution in [0.2, 0.25) is 0 Å². The maximum atomic E-state index is 12.9. The van der Waals surface area contributed by atoms with Gasteiger partial charge >= 0.3 is 5.97 Å². The number of hydrogen-bond donors (Lipinski definition) is 0. The Balaban J connectivity index is 1.52. The van der Waals surface area contributed by atoms with Crippen LogP contribution in [0.4, 0.5) is 0 Å². The first-order valence-electron chi connectivity index (χ1n) is 9.89. The maximum absolute atomic E-state index is 12.9. The third-order valence-electron chi connectivity index (χ3n) is 4.39. The molecule has 2 heterocycles. The molecule has 2 aromatic carbocycles. The Labute approximate surface area is 183 Å². The highest BCUT2D eigenvalue weighted by molar-refractivity contribution is 6.15. The number of carbonyl (C=O) groups is 1. The minimum Gasteiger partial charge on any atom is -0.493 e. The van der Waals surface area contributed by atoms with Gasteiger partial charge in [-0.3, -0.25) is 0 Å². The van der Waals surface area contributed by atoms with Crippen molar-refractivity contribution in [2.24, 2.45) is 0 Å². The zero-order valence-electron chi connectivity index (χ0n) is 17.5. The van der Waals surface area contributed by atoms with E-state index in [1.165, 1.54) is 4.68 Å². The summed E-state index contributed by atoms with van der Waals surface area (Å²) in [6, 6.07) is 16.7. The molecule has 0 aliphatic rings. The minimum absolute atomic E-state index is 0.146. The van der Waals surface area contributed by atoms with Crippen molar-refractivity contribution in [3.05, 3.63) is 71.9 Å². The fourth-order valence-corrected chi connectivity index (χ4v) is 2.92. The molecule has 0 aliphatic heterocycles. The molecule has 10 nitrogen and oxygen atoms in total. The number of ether oxygens (including phenoxy) is 2. The summed E-state index contributed by atoms with van der Waals surface area (Å²) in [7, 11) is 0. The lowest BCUT2D eigenvalue weighted by Crippen LogP contribution is -2.15. The number of tetrazole rings is 1. The van der Waals surface area contributed by atoms with Crippen LogP contribution < -0.4 is 4.74 Å². The first-order chi connectivity index (χ1) is 15.7. The van der Waals surface area contributed by atoms with Crippen LogP contribution in [-0.2, 0) is 16.1 Å². The highest BCUT2D eigenvalue weighted by Crippen LogP contribution is 2.27. The number of aromatic nitrogens is 6. The molecule has 0 aliphatic carbocycles. The predicted molar refractivity (Wildman–Crippen MR) is 114 cm³/mol. The van der Waals surface area contributed by atoms with Crippen LogP contribution in [-0.4, -0.2) is 42.9 Å². The molecule has 4 rings (SSSR count). The predicted octanol–water partition coefficient (Wildman–Crippen LogP) is 3.17. The highest BCUT2D eigenvalue weighted by Gasteiger charge is 2.20. The summed E-state index contributed by atoms with van der Waals surface area (Å²) >= 11 is 0. The molecule has 0 atom stereocenters. The van der Waals surface area contributed by atoms with E-state index in [1.54, 1.807) is 13.0 Å². The van der Waals surface area contributed by atoms with E-state index in [0.717, 1.165) is 5.56 Å². The van der Waals surface area contributed by atoms with Gasteiger partial charge in [0.15, 0.2) is 18.1 Å². The average molecular weight is 432 g/mol. The molecule has 2 aromatic heterocycles. The van der Waals surface area contributed by atoms with Crippen molar-refractivity contribution in [3.63, 3.8) is 0 Å². The van der Waals surface area contributed by atoms with Crippen molar-refractivity contribution in [3.8, 4) is 17.1 Å². The van der Waals surface area contributed by atoms with Gasteiger partial charge in [-0.15, -0.1) is 5.10 Å². The molecule has 0 saturated heterocycles. The summed E-state index contributed by atoms with van der Waals surface area (Å²) in [4.78, 5) is 17.2. The van der Waals surface area contributed by atoms with E-state index in [-0.39, 0.29) is 18.2 Å². The monoisotopic (exact) mass is 432 g/mol. The Hall–Kier alpha value is -4.34. The van der Waals surface area contributed by atoms with Crippen LogP contribution in [0.3, 0.4) is 0 Å². The third-order valence-corrected chi connectivity index (χ3v) is 4.39. The Morgan fingerprint density at radius 2 is 1.91 bits per heavy atom. The lowest BCUT2D eigenvalue weighted by molar-refractivity contribution is -0.139. The second-order valence-corrected chi connectivity index (χ2v) is 6.60. The van der Waals surface area contributed by atoms with Gasteiger partial charge in [-0.1, -0.05) is 47.6 Å². The standard InChI is InChI=1S/C22H20N6O4/c1-3-30-19-12-8-7-11-17(19)21-23-20(32-25-21)14-31-22(29)18(28-15(2)24-26-27-28)13-16-9-5-4-6-10-16/h4-13H,3,14H2,1-2H3/b18-13+. The van der Waals surface area contributed by atoms with E-state index >= 15 is 0 Å². The highest BCUT2D eigenvalue weighted by atomic mass is 16.6. The molecule has 0 N–H and O–H groups in total. The molecule has 162 valence electrons. The van der Waals surface area contributed by atoms with Gasteiger partial charge in [-0.2, -0.15) is 9.67 Å². The van der Waals surface area contributed by atoms with Gasteiger partial charge in [-0.05, 0) is 48.0 Å². The topological polar surface area (TPSA) is 118 Å². The fraction of sp³-hybridized carbons (Fsp3) is 0.182. The molecule has 10 heteroatoms. The number of aryl methyl sites for hydroxylation is 1. The van der Waals surface area contributed by atoms with E-state index in [2.05, 4.69) is 25.7 Å². The molecule has 4 aromatic rings. The van der Waals surface area contributed by atoms with E-state index in [1.807, 2.05) is 61.5 Å². The minimum atomic E-state index is -0.640. The lowest BCUT2D eigenvalue weighted by Gasteiger charge is -2.07. The second kappa shape index (κ2) is 9.65. The molecule has 0 saturated carbocycles. The lowest BCUT2D eigenvalue weighted by atomic mass is 10.2. The van der Waals surface area contributed by atoms with Gasteiger partial charge in [0, 0.05) is 0 Å². The first kappa shape index (κ1) is 20.9. The summed E-state index contributed by atoms with van der Waals surface area (Å²) < 4.78 is 17.6. The molecule has 0 radical (unpaired) electrons. The van der Waals surface area contributed by atoms with Crippen molar-refractivity contribution in [2.75, 3.05) is 6.61 Å². The van der Waals surface area contributed by atoms with Crippen LogP contribution in [0.1, 0.15) is 24.2 Å². The zero-order valence-corrected chi connectivity index (χ0v) is 17.5. The molecule has 32 heavy (non-hydrogen) atoms. The summed E-state index contributed by atoms with van der Waals surface area (Å²) in [5.41, 5.74) is 1.63. The Bertz CT molecular complexity index is 1230. The zero-order chi connectivity index (χ0) is 22.3. The van der Waals surface area contributed by atoms with E-state index < -0.39 is 5.97 Å². The van der Waals surface area contributed by atoms with E-state index in [9.17, 15) is 4.79 Å². The van der Waals surface area contributed by atoms with E-state index in [0.29, 0.717) is 29.6 Å². The van der Waals surface area contributed by atoms with Crippen LogP contribution in [0.5, 0.6) is 5.75 Å². The number of carbonyl (C=O) groups excluding carboxylic acids is 1. The SMILES string of the molecule is CCOc1ccccc1-c1noc(COC(=O)/C(=C\c2ccccc2)n2nnnc2C)n1. The van der Waals surface area contributed by atoms with Crippen molar-refractivity contribution < 1.29 is 18.8 Å². The number of para-hydroxylation sites is 1. The summed E-state index contributed by atoms with van der Waals surface area (Å²) in [5.74, 6) is 0.931. The van der Waals surface area contributed by atoms with Gasteiger partial charge < -0.3 is 14.0 Å². The molecular weight excluding hydrogens is 412 g/mol. The quantitative estimate of drug-likeness (QED) is 0.305. The Morgan fingerprint density at radius 3 is 2.66 bits per heavy atom. The number of hydrogen-bond acceptors (Lipinski definition) is 9. The van der Waals surface area contributed by atoms with Gasteiger partial charge in [0.2, 0.25) is 5.82 Å². The Kier molecular flexibility index (Phi) is 6.30. The molecule has 0 bridgehead atoms. The number of nitrogens with zero attached hydrogens (tertiary/aromatic N) is 6. The van der Waals surface area contributed by atoms with Crippen LogP contribution in [0.15, 0.2) is 59.1 Å². The van der Waals surface area contributed by atoms with Gasteiger partial charge in [0.05, 0.1) is 12.2 Å². The maximum Gasteiger partial charge on any atom is 0.357 e. The van der Waals surface area contributed by atoms with Crippen LogP contribution in [0, 0.1) is 6.92 Å². The van der Waals surface area contributed by atoms with Gasteiger partial charge in [-0.25, -0.2) is 4.79 Å². The molecule has 0 spiro atoms. The first-order valence-corrected chi connectivity index (χ1v) is 9.89. The molecule has 0 amide bonds. The van der Waals surface area contributed by atoms with E-state index in [4.69, 9.17) is 14.0 Å². The summed E-state index contributed by atoms with van der Waals surface area (Å²) in [5, 5.41) is 15.3. The number of benzene rings is 2. The largest absolute Gasteiger partial charge is 0.493 e. The third kappa shape index (κ3) is 4.69. The van der Waals surface area contributed by atoms with Gasteiger partial charge in [0.1, 0.15) is 5.75 Å². The average Bonchev–Trinajstić information content (AvgIpc) is 3.46. The second-order valence-electron chi connectivity index (χ2n) is 6.60. The summed E-state index contributed by atoms with van der Waals surface area (Å²) in [6.45, 7) is 3.87. The van der Waals surface area contributed by atoms with Crippen LogP contribution in [0.25, 0.3) is 23.2 Å². The van der Waals surface area contributed by atoms with Crippen LogP contribution >= 0.6 is 0 Å². The Morgan fingerprint density at radius 1 is 1.12 bits per heavy atom. The van der Waals surface area contributed by atoms with Crippen molar-refractivity contribution >= 4 is 17.7 Å². The fourth-order valence-electron chi connectivity index (χ4n) is 2.92. The normalized spacial score (nSPS) is 11.4. The van der Waals surface area contributed by atoms with Crippen molar-refractivity contribution in [1.29, 1.82) is 0 Å². The van der Waals surface area contributed by atoms with Crippen molar-refractivity contribution in [1.82, 2.24) is 30.3 Å². The molecule has 0 unspecified atom stereocenters. The van der Waals surface area contributed by atoms with Crippen molar-refractivity contribution in [2.45, 2.75) is 20.5 Å². The van der Waals surface area contributed by atoms with Gasteiger partial charge in [0.25, 0.3) is 5.89 Å². The summed E-state index contributed by atoms with van der Waals surface area (Å²) in [6.07, 6.45) is 1.64. The molecule has 0 fully saturated rings. The molecular formula is C22H20N6O4. The number of esters is 1. The number of rotatable bonds is 8. The smallest absolute Gasteiger partial charge is 0.357 e.